The van der Waals surface area contributed by atoms with E-state index in [2.05, 4.69) is 35.6 Å². The van der Waals surface area contributed by atoms with Gasteiger partial charge in [0.2, 0.25) is 5.91 Å². The number of nitrogens with two attached hydrogens (primary N) is 1. The zero-order valence-corrected chi connectivity index (χ0v) is 19.0. The smallest absolute Gasteiger partial charge is 0.256 e. The van der Waals surface area contributed by atoms with E-state index in [9.17, 15) is 9.59 Å². The Balaban J connectivity index is 1.43. The number of ether oxygens (including phenoxy) is 2. The molecule has 1 aliphatic heterocycles. The van der Waals surface area contributed by atoms with E-state index in [0.29, 0.717) is 28.7 Å². The van der Waals surface area contributed by atoms with Crippen LogP contribution in [0.5, 0.6) is 0 Å². The Morgan fingerprint density at radius 1 is 1.00 bits per heavy atom. The summed E-state index contributed by atoms with van der Waals surface area (Å²) in [4.78, 5) is 25.7. The molecule has 1 aliphatic carbocycles. The fourth-order valence-electron chi connectivity index (χ4n) is 4.62. The summed E-state index contributed by atoms with van der Waals surface area (Å²) in [5, 5.41) is 3.50. The van der Waals surface area contributed by atoms with Crippen molar-refractivity contribution in [2.24, 2.45) is 5.73 Å². The molecule has 1 saturated heterocycles. The van der Waals surface area contributed by atoms with Crippen molar-refractivity contribution in [2.45, 2.75) is 50.4 Å². The molecule has 3 aromatic rings. The van der Waals surface area contributed by atoms with E-state index >= 15 is 0 Å². The van der Waals surface area contributed by atoms with Crippen molar-refractivity contribution in [3.63, 3.8) is 0 Å². The first-order valence-corrected chi connectivity index (χ1v) is 11.2. The molecule has 7 nitrogen and oxygen atoms in total. The Kier molecular flexibility index (Phi) is 5.06. The molecule has 5 rings (SSSR count). The largest absolute Gasteiger partial charge is 0.461 e. The van der Waals surface area contributed by atoms with E-state index in [1.807, 2.05) is 18.2 Å². The quantitative estimate of drug-likeness (QED) is 0.619. The SMILES string of the molecule is Cc1oc2ccc([C@@H]3C[C@H]3c3ccccc3)cc2c1C(=O)NC1(C(N)=O)COC(C)(C)OC1. The molecule has 2 amide bonds. The molecule has 3 N–H and O–H groups in total. The van der Waals surface area contributed by atoms with Gasteiger partial charge >= 0.3 is 0 Å². The van der Waals surface area contributed by atoms with Crippen LogP contribution < -0.4 is 11.1 Å². The maximum Gasteiger partial charge on any atom is 0.256 e. The van der Waals surface area contributed by atoms with Crippen molar-refractivity contribution in [2.75, 3.05) is 13.2 Å². The lowest BCUT2D eigenvalue weighted by atomic mass is 9.97. The van der Waals surface area contributed by atoms with Gasteiger partial charge in [-0.25, -0.2) is 0 Å². The number of hydrogen-bond acceptors (Lipinski definition) is 5. The van der Waals surface area contributed by atoms with Gasteiger partial charge in [-0.3, -0.25) is 9.59 Å². The highest BCUT2D eigenvalue weighted by Crippen LogP contribution is 2.55. The van der Waals surface area contributed by atoms with Crippen molar-refractivity contribution < 1.29 is 23.5 Å². The number of nitrogens with one attached hydrogen (secondary N) is 1. The van der Waals surface area contributed by atoms with Gasteiger partial charge in [0.1, 0.15) is 11.3 Å². The first kappa shape index (κ1) is 21.7. The summed E-state index contributed by atoms with van der Waals surface area (Å²) in [6.07, 6.45) is 1.07. The molecule has 0 bridgehead atoms. The van der Waals surface area contributed by atoms with E-state index in [1.165, 1.54) is 11.1 Å². The number of primary amides is 1. The minimum Gasteiger partial charge on any atom is -0.461 e. The average Bonchev–Trinajstić information content (AvgIpc) is 3.51. The zero-order valence-electron chi connectivity index (χ0n) is 19.0. The Bertz CT molecular complexity index is 1220. The molecular weight excluding hydrogens is 420 g/mol. The predicted octanol–water partition coefficient (Wildman–Crippen LogP) is 3.75. The Morgan fingerprint density at radius 2 is 1.67 bits per heavy atom. The molecule has 1 aromatic heterocycles. The lowest BCUT2D eigenvalue weighted by Crippen LogP contribution is -2.67. The van der Waals surface area contributed by atoms with Crippen LogP contribution in [0.4, 0.5) is 0 Å². The Labute approximate surface area is 192 Å². The molecule has 2 fully saturated rings. The molecule has 1 saturated carbocycles. The molecule has 2 heterocycles. The molecule has 2 aromatic carbocycles. The molecule has 0 spiro atoms. The first-order valence-electron chi connectivity index (χ1n) is 11.2. The van der Waals surface area contributed by atoms with E-state index in [-0.39, 0.29) is 13.2 Å². The van der Waals surface area contributed by atoms with E-state index in [1.54, 1.807) is 20.8 Å². The highest BCUT2D eigenvalue weighted by atomic mass is 16.7. The average molecular weight is 449 g/mol. The van der Waals surface area contributed by atoms with Crippen molar-refractivity contribution in [1.82, 2.24) is 5.32 Å². The summed E-state index contributed by atoms with van der Waals surface area (Å²) < 4.78 is 17.1. The van der Waals surface area contributed by atoms with Crippen LogP contribution >= 0.6 is 0 Å². The van der Waals surface area contributed by atoms with Crippen LogP contribution in [-0.4, -0.2) is 36.4 Å². The molecule has 0 unspecified atom stereocenters. The Hall–Kier alpha value is -3.16. The number of fused-ring (bicyclic) bond motifs is 1. The summed E-state index contributed by atoms with van der Waals surface area (Å²) in [6, 6.07) is 16.5. The van der Waals surface area contributed by atoms with Gasteiger partial charge in [0.15, 0.2) is 11.3 Å². The molecule has 2 atom stereocenters. The number of furan rings is 1. The van der Waals surface area contributed by atoms with Crippen LogP contribution in [0, 0.1) is 6.92 Å². The van der Waals surface area contributed by atoms with Crippen LogP contribution in [0.1, 0.15) is 59.3 Å². The summed E-state index contributed by atoms with van der Waals surface area (Å²) in [7, 11) is 0. The number of amides is 2. The van der Waals surface area contributed by atoms with Crippen molar-refractivity contribution in [3.05, 3.63) is 71.0 Å². The fourth-order valence-corrected chi connectivity index (χ4v) is 4.62. The van der Waals surface area contributed by atoms with Gasteiger partial charge in [0.25, 0.3) is 5.91 Å². The lowest BCUT2D eigenvalue weighted by Gasteiger charge is -2.41. The summed E-state index contributed by atoms with van der Waals surface area (Å²) in [5.74, 6) is -0.635. The molecule has 172 valence electrons. The van der Waals surface area contributed by atoms with Gasteiger partial charge in [-0.15, -0.1) is 0 Å². The minimum atomic E-state index is -1.45. The highest BCUT2D eigenvalue weighted by Gasteiger charge is 2.46. The molecular formula is C26H28N2O5. The molecule has 33 heavy (non-hydrogen) atoms. The summed E-state index contributed by atoms with van der Waals surface area (Å²) in [5.41, 5.74) is 7.72. The van der Waals surface area contributed by atoms with Crippen molar-refractivity contribution >= 4 is 22.8 Å². The van der Waals surface area contributed by atoms with Crippen molar-refractivity contribution in [3.8, 4) is 0 Å². The lowest BCUT2D eigenvalue weighted by molar-refractivity contribution is -0.265. The van der Waals surface area contributed by atoms with Gasteiger partial charge < -0.3 is 24.9 Å². The summed E-state index contributed by atoms with van der Waals surface area (Å²) >= 11 is 0. The monoisotopic (exact) mass is 448 g/mol. The van der Waals surface area contributed by atoms with Crippen LogP contribution in [0.2, 0.25) is 0 Å². The van der Waals surface area contributed by atoms with Crippen LogP contribution in [0.25, 0.3) is 11.0 Å². The van der Waals surface area contributed by atoms with Gasteiger partial charge in [0, 0.05) is 5.39 Å². The Morgan fingerprint density at radius 3 is 2.33 bits per heavy atom. The second-order valence-corrected chi connectivity index (χ2v) is 9.53. The third-order valence-corrected chi connectivity index (χ3v) is 6.72. The number of benzene rings is 2. The number of carbonyl (C=O) groups is 2. The maximum atomic E-state index is 13.4. The van der Waals surface area contributed by atoms with Crippen LogP contribution in [0.3, 0.4) is 0 Å². The third-order valence-electron chi connectivity index (χ3n) is 6.72. The van der Waals surface area contributed by atoms with E-state index in [4.69, 9.17) is 19.6 Å². The van der Waals surface area contributed by atoms with E-state index < -0.39 is 23.1 Å². The molecule has 0 radical (unpaired) electrons. The maximum absolute atomic E-state index is 13.4. The standard InChI is InChI=1S/C26H28N2O5/c1-15-22(23(29)28-26(24(27)30)13-31-25(2,3)32-14-26)20-11-17(9-10-21(20)33-15)19-12-18(19)16-7-5-4-6-8-16/h4-11,18-19H,12-14H2,1-3H3,(H2,27,30)(H,28,29)/t18-,19-/m0/s1. The zero-order chi connectivity index (χ0) is 23.4. The second kappa shape index (κ2) is 7.71. The van der Waals surface area contributed by atoms with Crippen LogP contribution in [0.15, 0.2) is 52.9 Å². The molecule has 7 heteroatoms. The predicted molar refractivity (Wildman–Crippen MR) is 123 cm³/mol. The highest BCUT2D eigenvalue weighted by molar-refractivity contribution is 6.09. The van der Waals surface area contributed by atoms with Gasteiger partial charge in [-0.05, 0) is 62.3 Å². The van der Waals surface area contributed by atoms with Crippen molar-refractivity contribution in [1.29, 1.82) is 0 Å². The fraction of sp³-hybridized carbons (Fsp3) is 0.385. The van der Waals surface area contributed by atoms with E-state index in [0.717, 1.165) is 11.8 Å². The number of rotatable bonds is 5. The van der Waals surface area contributed by atoms with Gasteiger partial charge in [-0.2, -0.15) is 0 Å². The second-order valence-electron chi connectivity index (χ2n) is 9.53. The first-order chi connectivity index (χ1) is 15.7. The topological polar surface area (TPSA) is 104 Å². The summed E-state index contributed by atoms with van der Waals surface area (Å²) in [6.45, 7) is 5.10. The molecule has 2 aliphatic rings. The minimum absolute atomic E-state index is 0.0675. The normalized spacial score (nSPS) is 23.2. The number of hydrogen-bond donors (Lipinski definition) is 2. The van der Waals surface area contributed by atoms with Gasteiger partial charge in [0.05, 0.1) is 18.8 Å². The van der Waals surface area contributed by atoms with Gasteiger partial charge in [-0.1, -0.05) is 36.4 Å². The third kappa shape index (κ3) is 3.92. The number of carbonyl (C=O) groups excluding carboxylic acids is 2. The van der Waals surface area contributed by atoms with Crippen LogP contribution in [-0.2, 0) is 14.3 Å². The number of aryl methyl sites for hydroxylation is 1.